The number of rotatable bonds is 8. The van der Waals surface area contributed by atoms with E-state index in [9.17, 15) is 0 Å². The summed E-state index contributed by atoms with van der Waals surface area (Å²) in [5.41, 5.74) is 17.5. The predicted octanol–water partition coefficient (Wildman–Crippen LogP) is 12.0. The summed E-state index contributed by atoms with van der Waals surface area (Å²) in [6, 6.07) is 66.2. The molecule has 0 saturated heterocycles. The number of allylic oxidation sites excluding steroid dienone is 2. The third kappa shape index (κ3) is 6.60. The zero-order valence-corrected chi connectivity index (χ0v) is 33.6. The van der Waals surface area contributed by atoms with Crippen molar-refractivity contribution in [1.29, 1.82) is 0 Å². The van der Waals surface area contributed by atoms with Gasteiger partial charge in [-0.3, -0.25) is 10.3 Å². The van der Waals surface area contributed by atoms with Crippen LogP contribution in [0.5, 0.6) is 0 Å². The fraction of sp³-hybridized carbons (Fsp3) is 0.0893. The van der Waals surface area contributed by atoms with Crippen molar-refractivity contribution in [1.82, 2.24) is 20.6 Å². The van der Waals surface area contributed by atoms with E-state index in [1.165, 1.54) is 55.6 Å². The number of aliphatic imine (C=N–C) groups is 1. The molecule has 2 aliphatic heterocycles. The molecule has 0 bridgehead atoms. The van der Waals surface area contributed by atoms with Crippen LogP contribution in [0.3, 0.4) is 0 Å². The van der Waals surface area contributed by atoms with E-state index in [4.69, 9.17) is 0 Å². The molecule has 0 fully saturated rings. The molecular formula is C56H43N5. The molecule has 2 atom stereocenters. The van der Waals surface area contributed by atoms with Crippen molar-refractivity contribution in [3.63, 3.8) is 0 Å². The number of dihydropyridines is 1. The van der Waals surface area contributed by atoms with E-state index < -0.39 is 5.41 Å². The molecule has 5 nitrogen and oxygen atoms in total. The zero-order chi connectivity index (χ0) is 40.6. The zero-order valence-electron chi connectivity index (χ0n) is 33.6. The van der Waals surface area contributed by atoms with Gasteiger partial charge in [0.15, 0.2) is 5.82 Å². The van der Waals surface area contributed by atoms with Gasteiger partial charge in [0, 0.05) is 36.4 Å². The van der Waals surface area contributed by atoms with Crippen LogP contribution in [0.2, 0.25) is 0 Å². The van der Waals surface area contributed by atoms with Crippen molar-refractivity contribution >= 4 is 17.5 Å². The van der Waals surface area contributed by atoms with Gasteiger partial charge in [0.25, 0.3) is 0 Å². The summed E-state index contributed by atoms with van der Waals surface area (Å²) in [6.45, 7) is 0.942. The number of nitrogens with one attached hydrogen (secondary N) is 2. The standard InChI is InChI=1S/C56H43N5/c1-3-11-46(12-4-1)56(47-13-5-2-6-14-47)50-16-8-7-15-48(50)49-30-29-44(35-51(49)56)38-17-21-40(22-18-38)52-36-45(39-19-25-42(26-20-39)54-57-31-9-32-58-54)37-53(61-52)41-23-27-43(28-24-41)55-59-33-10-34-60-55/h1-8,10-31,33-37,53-54,58,61H,9,32H2. The maximum atomic E-state index is 4.68. The SMILES string of the molecule is C1=NC(c2ccc(C3=CC(c4ccc(-c5ncccn5)cc4)NC(c4ccc(-c5ccc6c(c5)C(c5ccccc5)(c5ccccc5)c5ccccc5-6)cc4)=C3)cc2)NCC1. The van der Waals surface area contributed by atoms with E-state index in [0.29, 0.717) is 0 Å². The van der Waals surface area contributed by atoms with Gasteiger partial charge in [-0.25, -0.2) is 9.97 Å². The van der Waals surface area contributed by atoms with E-state index in [1.807, 2.05) is 12.3 Å². The van der Waals surface area contributed by atoms with Crippen molar-refractivity contribution < 1.29 is 0 Å². The molecule has 2 unspecified atom stereocenters. The number of nitrogens with zero attached hydrogens (tertiary/aromatic N) is 3. The Balaban J connectivity index is 0.959. The summed E-state index contributed by atoms with van der Waals surface area (Å²) in [5, 5.41) is 7.40. The lowest BCUT2D eigenvalue weighted by atomic mass is 9.67. The van der Waals surface area contributed by atoms with Gasteiger partial charge >= 0.3 is 0 Å². The Kier molecular flexibility index (Phi) is 9.37. The predicted molar refractivity (Wildman–Crippen MR) is 249 cm³/mol. The summed E-state index contributed by atoms with van der Waals surface area (Å²) in [5.74, 6) is 0.721. The molecule has 0 radical (unpaired) electrons. The van der Waals surface area contributed by atoms with Crippen LogP contribution in [0.25, 0.3) is 44.9 Å². The largest absolute Gasteiger partial charge is 0.374 e. The average molecular weight is 786 g/mol. The second-order valence-electron chi connectivity index (χ2n) is 16.0. The van der Waals surface area contributed by atoms with Crippen molar-refractivity contribution in [2.45, 2.75) is 24.0 Å². The fourth-order valence-electron chi connectivity index (χ4n) is 9.49. The van der Waals surface area contributed by atoms with Crippen LogP contribution < -0.4 is 10.6 Å². The first-order valence-electron chi connectivity index (χ1n) is 21.1. The summed E-state index contributed by atoms with van der Waals surface area (Å²) >= 11 is 0. The quantitative estimate of drug-likeness (QED) is 0.161. The molecule has 0 spiro atoms. The molecular weight excluding hydrogens is 743 g/mol. The lowest BCUT2D eigenvalue weighted by molar-refractivity contribution is 0.547. The second-order valence-corrected chi connectivity index (χ2v) is 16.0. The first-order valence-corrected chi connectivity index (χ1v) is 21.1. The van der Waals surface area contributed by atoms with Gasteiger partial charge in [-0.05, 0) is 103 Å². The van der Waals surface area contributed by atoms with Crippen molar-refractivity contribution in [3.05, 3.63) is 251 Å². The second kappa shape index (κ2) is 15.6. The smallest absolute Gasteiger partial charge is 0.159 e. The highest BCUT2D eigenvalue weighted by atomic mass is 15.1. The minimum absolute atomic E-state index is 0.00312. The Bertz CT molecular complexity index is 2900. The number of fused-ring (bicyclic) bond motifs is 3. The lowest BCUT2D eigenvalue weighted by Gasteiger charge is -2.34. The molecule has 5 heteroatoms. The molecule has 11 rings (SSSR count). The Labute approximate surface area is 357 Å². The van der Waals surface area contributed by atoms with Gasteiger partial charge in [-0.2, -0.15) is 0 Å². The molecule has 3 heterocycles. The van der Waals surface area contributed by atoms with Crippen molar-refractivity contribution in [2.24, 2.45) is 4.99 Å². The summed E-state index contributed by atoms with van der Waals surface area (Å²) < 4.78 is 0. The molecule has 8 aromatic rings. The molecule has 1 aliphatic carbocycles. The van der Waals surface area contributed by atoms with Gasteiger partial charge < -0.3 is 5.32 Å². The van der Waals surface area contributed by atoms with Crippen LogP contribution in [0.15, 0.2) is 212 Å². The highest BCUT2D eigenvalue weighted by Crippen LogP contribution is 2.56. The summed E-state index contributed by atoms with van der Waals surface area (Å²) in [7, 11) is 0. The number of hydrogen-bond donors (Lipinski definition) is 2. The number of aromatic nitrogens is 2. The van der Waals surface area contributed by atoms with Gasteiger partial charge in [0.1, 0.15) is 6.17 Å². The molecule has 3 aliphatic rings. The van der Waals surface area contributed by atoms with E-state index >= 15 is 0 Å². The summed E-state index contributed by atoms with van der Waals surface area (Å²) in [4.78, 5) is 13.6. The Morgan fingerprint density at radius 1 is 0.508 bits per heavy atom. The first kappa shape index (κ1) is 36.6. The minimum Gasteiger partial charge on any atom is -0.374 e. The first-order chi connectivity index (χ1) is 30.2. The highest BCUT2D eigenvalue weighted by Gasteiger charge is 2.46. The molecule has 7 aromatic carbocycles. The van der Waals surface area contributed by atoms with E-state index in [1.54, 1.807) is 12.4 Å². The van der Waals surface area contributed by atoms with Crippen molar-refractivity contribution in [2.75, 3.05) is 6.54 Å². The van der Waals surface area contributed by atoms with E-state index in [2.05, 4.69) is 214 Å². The van der Waals surface area contributed by atoms with Gasteiger partial charge in [0.05, 0.1) is 11.5 Å². The van der Waals surface area contributed by atoms with Gasteiger partial charge in [0.2, 0.25) is 0 Å². The van der Waals surface area contributed by atoms with Crippen LogP contribution >= 0.6 is 0 Å². The van der Waals surface area contributed by atoms with Gasteiger partial charge in [-0.1, -0.05) is 170 Å². The van der Waals surface area contributed by atoms with E-state index in [0.717, 1.165) is 46.7 Å². The molecule has 292 valence electrons. The molecule has 61 heavy (non-hydrogen) atoms. The van der Waals surface area contributed by atoms with Crippen LogP contribution in [-0.4, -0.2) is 22.7 Å². The topological polar surface area (TPSA) is 62.2 Å². The third-order valence-corrected chi connectivity index (χ3v) is 12.5. The van der Waals surface area contributed by atoms with Crippen LogP contribution in [-0.2, 0) is 5.41 Å². The lowest BCUT2D eigenvalue weighted by Crippen LogP contribution is -2.28. The Morgan fingerprint density at radius 3 is 1.82 bits per heavy atom. The fourth-order valence-corrected chi connectivity index (χ4v) is 9.49. The molecule has 0 saturated carbocycles. The number of hydrogen-bond acceptors (Lipinski definition) is 5. The summed E-state index contributed by atoms with van der Waals surface area (Å²) in [6.07, 6.45) is 11.2. The molecule has 2 N–H and O–H groups in total. The van der Waals surface area contributed by atoms with Crippen LogP contribution in [0.1, 0.15) is 63.1 Å². The molecule has 1 aromatic heterocycles. The third-order valence-electron chi connectivity index (χ3n) is 12.5. The normalized spacial score (nSPS) is 17.4. The van der Waals surface area contributed by atoms with Crippen LogP contribution in [0, 0.1) is 0 Å². The van der Waals surface area contributed by atoms with Gasteiger partial charge in [-0.15, -0.1) is 0 Å². The maximum absolute atomic E-state index is 4.68. The minimum atomic E-state index is -0.441. The maximum Gasteiger partial charge on any atom is 0.159 e. The van der Waals surface area contributed by atoms with Crippen LogP contribution in [0.4, 0.5) is 0 Å². The highest BCUT2D eigenvalue weighted by molar-refractivity contribution is 5.89. The van der Waals surface area contributed by atoms with E-state index in [-0.39, 0.29) is 12.2 Å². The average Bonchev–Trinajstić information content (AvgIpc) is 3.65. The van der Waals surface area contributed by atoms with Crippen molar-refractivity contribution in [3.8, 4) is 33.6 Å². The monoisotopic (exact) mass is 785 g/mol. The number of benzene rings is 7. The Morgan fingerprint density at radius 2 is 1.11 bits per heavy atom. The molecule has 0 amide bonds. The Hall–Kier alpha value is -7.47.